The Morgan fingerprint density at radius 2 is 1.37 bits per heavy atom. The highest BCUT2D eigenvalue weighted by molar-refractivity contribution is 7.86. The Balaban J connectivity index is 1.49. The van der Waals surface area contributed by atoms with Crippen LogP contribution < -0.4 is 25.4 Å². The highest BCUT2D eigenvalue weighted by atomic mass is 31.2. The lowest BCUT2D eigenvalue weighted by molar-refractivity contribution is 0.463. The lowest BCUT2D eigenvalue weighted by Gasteiger charge is -2.35. The van der Waals surface area contributed by atoms with Crippen LogP contribution in [0.3, 0.4) is 0 Å². The first-order valence-electron chi connectivity index (χ1n) is 11.5. The van der Waals surface area contributed by atoms with Gasteiger partial charge in [-0.25, -0.2) is 0 Å². The summed E-state index contributed by atoms with van der Waals surface area (Å²) in [4.78, 5) is 4.35. The Labute approximate surface area is 203 Å². The van der Waals surface area contributed by atoms with Crippen LogP contribution in [-0.4, -0.2) is 4.98 Å². The third kappa shape index (κ3) is 2.94. The van der Waals surface area contributed by atoms with E-state index >= 15 is 4.57 Å². The molecule has 0 bridgehead atoms. The van der Waals surface area contributed by atoms with Gasteiger partial charge in [0.1, 0.15) is 28.3 Å². The van der Waals surface area contributed by atoms with Crippen molar-refractivity contribution in [2.45, 2.75) is 6.92 Å². The fourth-order valence-electron chi connectivity index (χ4n) is 5.05. The molecule has 0 saturated carbocycles. The third-order valence-electron chi connectivity index (χ3n) is 6.63. The predicted octanol–water partition coefficient (Wildman–Crippen LogP) is 6.57. The smallest absolute Gasteiger partial charge is 0.185 e. The summed E-state index contributed by atoms with van der Waals surface area (Å²) in [6.45, 7) is 2.04. The van der Waals surface area contributed by atoms with Gasteiger partial charge >= 0.3 is 0 Å². The largest absolute Gasteiger partial charge is 0.456 e. The summed E-state index contributed by atoms with van der Waals surface area (Å²) in [6, 6.07) is 29.5. The van der Waals surface area contributed by atoms with Crippen LogP contribution in [0.25, 0.3) is 22.3 Å². The number of ether oxygens (including phenoxy) is 2. The minimum absolute atomic E-state index is 0.583. The molecule has 35 heavy (non-hydrogen) atoms. The molecule has 1 aromatic heterocycles. The van der Waals surface area contributed by atoms with Crippen molar-refractivity contribution in [3.63, 3.8) is 0 Å². The second-order valence-electron chi connectivity index (χ2n) is 8.87. The van der Waals surface area contributed by atoms with Crippen molar-refractivity contribution in [3.05, 3.63) is 109 Å². The predicted molar refractivity (Wildman–Crippen MR) is 139 cm³/mol. The Morgan fingerprint density at radius 3 is 2.14 bits per heavy atom. The van der Waals surface area contributed by atoms with Gasteiger partial charge in [-0.2, -0.15) is 0 Å². The molecule has 0 fully saturated rings. The average molecular weight is 473 g/mol. The van der Waals surface area contributed by atoms with Crippen LogP contribution in [0, 0.1) is 6.92 Å². The highest BCUT2D eigenvalue weighted by Crippen LogP contribution is 2.59. The van der Waals surface area contributed by atoms with Gasteiger partial charge in [0.2, 0.25) is 0 Å². The van der Waals surface area contributed by atoms with E-state index in [1.54, 1.807) is 0 Å². The zero-order valence-corrected chi connectivity index (χ0v) is 19.8. The van der Waals surface area contributed by atoms with E-state index in [1.165, 1.54) is 0 Å². The summed E-state index contributed by atoms with van der Waals surface area (Å²) < 4.78 is 27.8. The van der Waals surface area contributed by atoms with Gasteiger partial charge in [-0.05, 0) is 72.1 Å². The summed E-state index contributed by atoms with van der Waals surface area (Å²) in [5.74, 6) is 2.43. The van der Waals surface area contributed by atoms with Gasteiger partial charge in [0, 0.05) is 23.5 Å². The number of rotatable bonds is 2. The summed E-state index contributed by atoms with van der Waals surface area (Å²) in [5, 5.41) is 2.05. The Bertz CT molecular complexity index is 1690. The van der Waals surface area contributed by atoms with Gasteiger partial charge in [-0.15, -0.1) is 0 Å². The van der Waals surface area contributed by atoms with E-state index in [0.29, 0.717) is 38.9 Å². The summed E-state index contributed by atoms with van der Waals surface area (Å²) in [7, 11) is -3.20. The van der Waals surface area contributed by atoms with Gasteiger partial charge in [0.15, 0.2) is 7.14 Å². The first kappa shape index (κ1) is 20.3. The van der Waals surface area contributed by atoms with Gasteiger partial charge in [0.25, 0.3) is 0 Å². The topological polar surface area (TPSA) is 48.4 Å². The van der Waals surface area contributed by atoms with Crippen molar-refractivity contribution < 1.29 is 14.0 Å². The van der Waals surface area contributed by atoms with Crippen LogP contribution in [-0.2, 0) is 4.57 Å². The third-order valence-corrected chi connectivity index (χ3v) is 9.78. The molecule has 1 unspecified atom stereocenters. The molecule has 5 heteroatoms. The first-order valence-corrected chi connectivity index (χ1v) is 13.2. The van der Waals surface area contributed by atoms with Crippen LogP contribution in [0.1, 0.15) is 5.56 Å². The molecular weight excluding hydrogens is 453 g/mol. The molecule has 4 nitrogen and oxygen atoms in total. The van der Waals surface area contributed by atoms with Crippen molar-refractivity contribution in [2.24, 2.45) is 0 Å². The van der Waals surface area contributed by atoms with Crippen LogP contribution in [0.4, 0.5) is 0 Å². The molecule has 0 N–H and O–H groups in total. The Kier molecular flexibility index (Phi) is 4.30. The fraction of sp³-hybridized carbons (Fsp3) is 0.0333. The highest BCUT2D eigenvalue weighted by Gasteiger charge is 2.46. The molecule has 0 saturated heterocycles. The maximum absolute atomic E-state index is 15.1. The number of aromatic nitrogens is 1. The lowest BCUT2D eigenvalue weighted by atomic mass is 9.98. The number of nitrogens with zero attached hydrogens (tertiary/aromatic N) is 1. The number of para-hydroxylation sites is 2. The second kappa shape index (κ2) is 7.43. The summed E-state index contributed by atoms with van der Waals surface area (Å²) >= 11 is 0. The second-order valence-corrected chi connectivity index (χ2v) is 11.5. The van der Waals surface area contributed by atoms with E-state index in [0.717, 1.165) is 27.8 Å². The van der Waals surface area contributed by atoms with E-state index in [9.17, 15) is 0 Å². The SMILES string of the molecule is Cc1cncc(-c2cccc(-c3ccc4c5c3Oc3ccccc3P5(=O)c3ccccc3O4)c2)c1. The Morgan fingerprint density at radius 1 is 0.657 bits per heavy atom. The van der Waals surface area contributed by atoms with Gasteiger partial charge in [-0.1, -0.05) is 42.5 Å². The fourth-order valence-corrected chi connectivity index (χ4v) is 8.13. The number of hydrogen-bond acceptors (Lipinski definition) is 4. The minimum Gasteiger partial charge on any atom is -0.456 e. The minimum atomic E-state index is -3.20. The van der Waals surface area contributed by atoms with Gasteiger partial charge in [0.05, 0.1) is 10.6 Å². The molecule has 0 amide bonds. The van der Waals surface area contributed by atoms with Crippen LogP contribution in [0.15, 0.2) is 103 Å². The van der Waals surface area contributed by atoms with Crippen LogP contribution in [0.2, 0.25) is 0 Å². The van der Waals surface area contributed by atoms with Gasteiger partial charge in [-0.3, -0.25) is 4.98 Å². The van der Waals surface area contributed by atoms with Gasteiger partial charge < -0.3 is 14.0 Å². The van der Waals surface area contributed by atoms with E-state index < -0.39 is 7.14 Å². The van der Waals surface area contributed by atoms with E-state index in [4.69, 9.17) is 9.47 Å². The summed E-state index contributed by atoms with van der Waals surface area (Å²) in [6.07, 6.45) is 3.72. The molecule has 168 valence electrons. The molecule has 3 heterocycles. The zero-order chi connectivity index (χ0) is 23.6. The quantitative estimate of drug-likeness (QED) is 0.266. The monoisotopic (exact) mass is 473 g/mol. The average Bonchev–Trinajstić information content (AvgIpc) is 2.89. The molecule has 1 atom stereocenters. The molecule has 0 spiro atoms. The maximum atomic E-state index is 15.1. The van der Waals surface area contributed by atoms with Crippen molar-refractivity contribution in [1.82, 2.24) is 4.98 Å². The standard InChI is InChI=1S/C30H20NO3P/c1-19-15-22(18-31-17-19)20-7-6-8-21(16-20)23-13-14-26-30-29(23)34-25-10-3-5-12-28(25)35(30,32)27-11-4-2-9-24(27)33-26/h2-18H,1H3. The van der Waals surface area contributed by atoms with Crippen molar-refractivity contribution in [2.75, 3.05) is 0 Å². The number of hydrogen-bond donors (Lipinski definition) is 0. The molecule has 5 aromatic rings. The molecule has 4 aromatic carbocycles. The number of aryl methyl sites for hydroxylation is 1. The lowest BCUT2D eigenvalue weighted by Crippen LogP contribution is -2.35. The molecule has 7 rings (SSSR count). The van der Waals surface area contributed by atoms with E-state index in [1.807, 2.05) is 86.0 Å². The van der Waals surface area contributed by atoms with E-state index in [2.05, 4.69) is 29.2 Å². The van der Waals surface area contributed by atoms with E-state index in [-0.39, 0.29) is 0 Å². The number of pyridine rings is 1. The normalized spacial score (nSPS) is 16.8. The summed E-state index contributed by atoms with van der Waals surface area (Å²) in [5.41, 5.74) is 5.07. The molecule has 2 aliphatic heterocycles. The van der Waals surface area contributed by atoms with Crippen molar-refractivity contribution >= 4 is 23.1 Å². The molecule has 0 aliphatic carbocycles. The van der Waals surface area contributed by atoms with Crippen molar-refractivity contribution in [3.8, 4) is 45.3 Å². The molecule has 0 radical (unpaired) electrons. The maximum Gasteiger partial charge on any atom is 0.185 e. The molecule has 2 aliphatic rings. The zero-order valence-electron chi connectivity index (χ0n) is 18.9. The molecular formula is C30H20NO3P. The number of benzene rings is 4. The van der Waals surface area contributed by atoms with Crippen molar-refractivity contribution in [1.29, 1.82) is 0 Å². The Hall–Kier alpha value is -4.14. The number of fused-ring (bicyclic) bond motifs is 4. The first-order chi connectivity index (χ1) is 17.1. The van der Waals surface area contributed by atoms with Crippen LogP contribution >= 0.6 is 7.14 Å². The van der Waals surface area contributed by atoms with Crippen LogP contribution in [0.5, 0.6) is 23.0 Å².